The molecule has 0 fully saturated rings. The van der Waals surface area contributed by atoms with Crippen molar-refractivity contribution in [3.8, 4) is 21.1 Å². The van der Waals surface area contributed by atoms with Gasteiger partial charge in [0.2, 0.25) is 0 Å². The summed E-state index contributed by atoms with van der Waals surface area (Å²) in [6, 6.07) is 35.0. The second-order valence-corrected chi connectivity index (χ2v) is 12.2. The summed E-state index contributed by atoms with van der Waals surface area (Å²) in [6.45, 7) is 0.760. The molecule has 0 atom stereocenters. The Kier molecular flexibility index (Phi) is 7.67. The van der Waals surface area contributed by atoms with Gasteiger partial charge in [0.05, 0.1) is 43.3 Å². The maximum atomic E-state index is 13.3. The molecule has 0 radical (unpaired) electrons. The van der Waals surface area contributed by atoms with Crippen LogP contribution in [0.15, 0.2) is 120 Å². The van der Waals surface area contributed by atoms with Crippen LogP contribution in [0.4, 0.5) is 0 Å². The number of benzene rings is 3. The van der Waals surface area contributed by atoms with E-state index in [1.165, 1.54) is 0 Å². The highest BCUT2D eigenvalue weighted by molar-refractivity contribution is 7.13. The Morgan fingerprint density at radius 1 is 0.545 bits per heavy atom. The highest BCUT2D eigenvalue weighted by Crippen LogP contribution is 2.29. The number of carbonyl (C=O) groups excluding carboxylic acids is 2. The van der Waals surface area contributed by atoms with E-state index < -0.39 is 0 Å². The van der Waals surface area contributed by atoms with E-state index in [2.05, 4.69) is 10.6 Å². The molecule has 0 spiro atoms. The fraction of sp³-hybridized carbons (Fsp3) is 0.0556. The van der Waals surface area contributed by atoms with Crippen molar-refractivity contribution in [3.05, 3.63) is 142 Å². The van der Waals surface area contributed by atoms with Gasteiger partial charge in [-0.3, -0.25) is 9.59 Å². The van der Waals surface area contributed by atoms with Crippen LogP contribution in [-0.2, 0) is 13.1 Å². The molecule has 3 aromatic carbocycles. The van der Waals surface area contributed by atoms with E-state index in [0.717, 1.165) is 54.1 Å². The number of para-hydroxylation sites is 2. The van der Waals surface area contributed by atoms with Gasteiger partial charge in [-0.25, -0.2) is 9.97 Å². The van der Waals surface area contributed by atoms with Crippen LogP contribution in [-0.4, -0.2) is 21.8 Å². The second kappa shape index (κ2) is 12.2. The van der Waals surface area contributed by atoms with Gasteiger partial charge in [-0.05, 0) is 58.3 Å². The van der Waals surface area contributed by atoms with Crippen LogP contribution < -0.4 is 10.6 Å². The number of hydrogen-bond donors (Lipinski definition) is 2. The van der Waals surface area contributed by atoms with Crippen molar-refractivity contribution in [1.82, 2.24) is 20.6 Å². The summed E-state index contributed by atoms with van der Waals surface area (Å²) in [5, 5.41) is 11.8. The molecular formula is C36H26N4O2S2. The van der Waals surface area contributed by atoms with Gasteiger partial charge in [-0.1, -0.05) is 72.8 Å². The van der Waals surface area contributed by atoms with Gasteiger partial charge in [-0.2, -0.15) is 0 Å². The van der Waals surface area contributed by atoms with Crippen LogP contribution in [0.1, 0.15) is 31.8 Å². The number of rotatable bonds is 8. The average Bonchev–Trinajstić information content (AvgIpc) is 3.81. The molecule has 0 aliphatic carbocycles. The average molecular weight is 611 g/mol. The van der Waals surface area contributed by atoms with E-state index in [1.54, 1.807) is 22.7 Å². The van der Waals surface area contributed by atoms with Crippen molar-refractivity contribution in [2.24, 2.45) is 0 Å². The molecule has 214 valence electrons. The molecule has 4 aromatic heterocycles. The summed E-state index contributed by atoms with van der Waals surface area (Å²) in [5.41, 5.74) is 6.29. The van der Waals surface area contributed by atoms with Crippen LogP contribution in [0.2, 0.25) is 0 Å². The molecule has 44 heavy (non-hydrogen) atoms. The second-order valence-electron chi connectivity index (χ2n) is 10.3. The zero-order valence-electron chi connectivity index (χ0n) is 23.5. The summed E-state index contributed by atoms with van der Waals surface area (Å²) in [5.74, 6) is -0.298. The van der Waals surface area contributed by atoms with Gasteiger partial charge in [0.15, 0.2) is 0 Å². The number of amides is 2. The minimum absolute atomic E-state index is 0.149. The number of aromatic nitrogens is 2. The molecule has 0 saturated heterocycles. The van der Waals surface area contributed by atoms with Crippen LogP contribution in [0.3, 0.4) is 0 Å². The van der Waals surface area contributed by atoms with Gasteiger partial charge in [0.1, 0.15) is 0 Å². The zero-order valence-corrected chi connectivity index (χ0v) is 25.1. The highest BCUT2D eigenvalue weighted by Gasteiger charge is 2.16. The molecular weight excluding hydrogens is 585 g/mol. The Labute approximate surface area is 262 Å². The third-order valence-electron chi connectivity index (χ3n) is 7.40. The SMILES string of the molecule is O=C(NCc1ccc(CNC(=O)c2cc(-c3cccs3)nc3ccccc23)cc1)c1cc(-c2cccs2)nc2ccccc12. The molecule has 0 aliphatic heterocycles. The Morgan fingerprint density at radius 2 is 0.977 bits per heavy atom. The first kappa shape index (κ1) is 27.6. The monoisotopic (exact) mass is 610 g/mol. The van der Waals surface area contributed by atoms with Crippen molar-refractivity contribution >= 4 is 56.3 Å². The van der Waals surface area contributed by atoms with Gasteiger partial charge in [0, 0.05) is 23.9 Å². The zero-order chi connectivity index (χ0) is 29.9. The van der Waals surface area contributed by atoms with Gasteiger partial charge in [-0.15, -0.1) is 22.7 Å². The van der Waals surface area contributed by atoms with Crippen molar-refractivity contribution in [2.45, 2.75) is 13.1 Å². The van der Waals surface area contributed by atoms with E-state index in [4.69, 9.17) is 9.97 Å². The molecule has 8 heteroatoms. The quantitative estimate of drug-likeness (QED) is 0.182. The first-order valence-electron chi connectivity index (χ1n) is 14.1. The minimum atomic E-state index is -0.149. The molecule has 4 heterocycles. The summed E-state index contributed by atoms with van der Waals surface area (Å²) in [7, 11) is 0. The lowest BCUT2D eigenvalue weighted by molar-refractivity contribution is 0.0944. The van der Waals surface area contributed by atoms with Crippen molar-refractivity contribution in [1.29, 1.82) is 0 Å². The molecule has 2 N–H and O–H groups in total. The normalized spacial score (nSPS) is 11.1. The Bertz CT molecular complexity index is 1950. The smallest absolute Gasteiger partial charge is 0.252 e. The van der Waals surface area contributed by atoms with Crippen molar-refractivity contribution in [3.63, 3.8) is 0 Å². The molecule has 2 amide bonds. The molecule has 0 bridgehead atoms. The van der Waals surface area contributed by atoms with E-state index in [9.17, 15) is 9.59 Å². The summed E-state index contributed by atoms with van der Waals surface area (Å²) in [6.07, 6.45) is 0. The third kappa shape index (κ3) is 5.73. The Morgan fingerprint density at radius 3 is 1.39 bits per heavy atom. The summed E-state index contributed by atoms with van der Waals surface area (Å²) < 4.78 is 0. The predicted octanol–water partition coefficient (Wildman–Crippen LogP) is 8.10. The molecule has 0 saturated carbocycles. The number of thiophene rings is 2. The molecule has 7 rings (SSSR count). The molecule has 7 aromatic rings. The van der Waals surface area contributed by atoms with Crippen LogP contribution in [0, 0.1) is 0 Å². The number of nitrogens with zero attached hydrogens (tertiary/aromatic N) is 2. The fourth-order valence-electron chi connectivity index (χ4n) is 5.16. The first-order valence-corrected chi connectivity index (χ1v) is 15.9. The predicted molar refractivity (Wildman–Crippen MR) is 179 cm³/mol. The van der Waals surface area contributed by atoms with Gasteiger partial charge < -0.3 is 10.6 Å². The van der Waals surface area contributed by atoms with Gasteiger partial charge in [0.25, 0.3) is 11.8 Å². The third-order valence-corrected chi connectivity index (χ3v) is 9.18. The lowest BCUT2D eigenvalue weighted by atomic mass is 10.1. The van der Waals surface area contributed by atoms with Crippen molar-refractivity contribution in [2.75, 3.05) is 0 Å². The number of pyridine rings is 2. The lowest BCUT2D eigenvalue weighted by Crippen LogP contribution is -2.24. The maximum Gasteiger partial charge on any atom is 0.252 e. The lowest BCUT2D eigenvalue weighted by Gasteiger charge is -2.11. The number of carbonyl (C=O) groups is 2. The molecule has 0 aliphatic rings. The number of nitrogens with one attached hydrogen (secondary N) is 2. The number of fused-ring (bicyclic) bond motifs is 2. The van der Waals surface area contributed by atoms with E-state index in [-0.39, 0.29) is 11.8 Å². The first-order chi connectivity index (χ1) is 21.6. The fourth-order valence-corrected chi connectivity index (χ4v) is 6.53. The summed E-state index contributed by atoms with van der Waals surface area (Å²) in [4.78, 5) is 38.3. The van der Waals surface area contributed by atoms with Crippen LogP contribution in [0.5, 0.6) is 0 Å². The Balaban J connectivity index is 1.03. The largest absolute Gasteiger partial charge is 0.348 e. The van der Waals surface area contributed by atoms with Crippen LogP contribution >= 0.6 is 22.7 Å². The Hall–Kier alpha value is -5.18. The molecule has 0 unspecified atom stereocenters. The topological polar surface area (TPSA) is 84.0 Å². The minimum Gasteiger partial charge on any atom is -0.348 e. The highest BCUT2D eigenvalue weighted by atomic mass is 32.1. The molecule has 6 nitrogen and oxygen atoms in total. The summed E-state index contributed by atoms with van der Waals surface area (Å²) >= 11 is 3.20. The maximum absolute atomic E-state index is 13.3. The van der Waals surface area contributed by atoms with Gasteiger partial charge >= 0.3 is 0 Å². The standard InChI is InChI=1S/C36H26N4O2S2/c41-35(27-19-31(33-11-5-17-43-33)39-29-9-3-1-7-25(27)29)37-21-23-13-15-24(16-14-23)22-38-36(42)28-20-32(34-12-6-18-44-34)40-30-10-4-2-8-26(28)30/h1-20H,21-22H2,(H,37,41)(H,38,42). The van der Waals surface area contributed by atoms with Crippen molar-refractivity contribution < 1.29 is 9.59 Å². The van der Waals surface area contributed by atoms with E-state index in [0.29, 0.717) is 24.2 Å². The van der Waals surface area contributed by atoms with E-state index in [1.807, 2.05) is 120 Å². The van der Waals surface area contributed by atoms with E-state index >= 15 is 0 Å². The number of hydrogen-bond acceptors (Lipinski definition) is 6. The van der Waals surface area contributed by atoms with Crippen LogP contribution in [0.25, 0.3) is 42.9 Å².